The molecule has 156 valence electrons. The van der Waals surface area contributed by atoms with Gasteiger partial charge in [0.05, 0.1) is 16.6 Å². The van der Waals surface area contributed by atoms with Crippen molar-refractivity contribution in [1.29, 1.82) is 0 Å². The first-order chi connectivity index (χ1) is 13.8. The Balaban J connectivity index is 1.73. The van der Waals surface area contributed by atoms with Crippen molar-refractivity contribution in [3.8, 4) is 0 Å². The highest BCUT2D eigenvalue weighted by molar-refractivity contribution is 7.89. The normalized spacial score (nSPS) is 20.6. The molecule has 1 unspecified atom stereocenters. The molecule has 0 saturated carbocycles. The standard InChI is InChI=1S/C20H26FN5O2S/c1-13-6-7-14(11-16(13)21)29(27,28)26-9-4-5-18(26)20-23-17-12-25(3)10-8-15(17)19(22-2)24-20/h6-7,11,18H,4-5,8-10,12H2,1-3H3,(H,22,23,24). The van der Waals surface area contributed by atoms with Crippen molar-refractivity contribution in [3.05, 3.63) is 46.7 Å². The maximum Gasteiger partial charge on any atom is 0.243 e. The van der Waals surface area contributed by atoms with Gasteiger partial charge < -0.3 is 10.2 Å². The average Bonchev–Trinajstić information content (AvgIpc) is 3.19. The van der Waals surface area contributed by atoms with Crippen LogP contribution in [0.3, 0.4) is 0 Å². The van der Waals surface area contributed by atoms with Gasteiger partial charge in [0.2, 0.25) is 10.0 Å². The third-order valence-electron chi connectivity index (χ3n) is 5.76. The number of halogens is 1. The number of anilines is 1. The molecular weight excluding hydrogens is 393 g/mol. The van der Waals surface area contributed by atoms with Gasteiger partial charge in [-0.1, -0.05) is 6.07 Å². The Labute approximate surface area is 171 Å². The molecule has 1 N–H and O–H groups in total. The van der Waals surface area contributed by atoms with E-state index in [2.05, 4.69) is 15.2 Å². The van der Waals surface area contributed by atoms with Crippen LogP contribution in [0.5, 0.6) is 0 Å². The van der Waals surface area contributed by atoms with E-state index in [0.29, 0.717) is 37.3 Å². The summed E-state index contributed by atoms with van der Waals surface area (Å²) in [6, 6.07) is 3.61. The van der Waals surface area contributed by atoms with Crippen molar-refractivity contribution in [3.63, 3.8) is 0 Å². The summed E-state index contributed by atoms with van der Waals surface area (Å²) in [7, 11) is 0.0217. The highest BCUT2D eigenvalue weighted by Crippen LogP contribution is 2.37. The Hall–Kier alpha value is -2.10. The fraction of sp³-hybridized carbons (Fsp3) is 0.500. The molecule has 1 saturated heterocycles. The molecule has 1 aromatic heterocycles. The third kappa shape index (κ3) is 3.62. The lowest BCUT2D eigenvalue weighted by atomic mass is 10.1. The van der Waals surface area contributed by atoms with Crippen LogP contribution in [0.2, 0.25) is 0 Å². The van der Waals surface area contributed by atoms with Crippen molar-refractivity contribution in [2.24, 2.45) is 0 Å². The van der Waals surface area contributed by atoms with E-state index in [4.69, 9.17) is 4.98 Å². The third-order valence-corrected chi connectivity index (χ3v) is 7.67. The van der Waals surface area contributed by atoms with Crippen LogP contribution in [-0.4, -0.2) is 54.8 Å². The first-order valence-electron chi connectivity index (χ1n) is 9.85. The molecule has 0 bridgehead atoms. The van der Waals surface area contributed by atoms with Gasteiger partial charge in [0.15, 0.2) is 0 Å². The molecule has 4 rings (SSSR count). The zero-order valence-corrected chi connectivity index (χ0v) is 17.8. The Morgan fingerprint density at radius 3 is 2.76 bits per heavy atom. The number of likely N-dealkylation sites (N-methyl/N-ethyl adjacent to an activating group) is 1. The summed E-state index contributed by atoms with van der Waals surface area (Å²) < 4.78 is 42.0. The Kier molecular flexibility index (Phi) is 5.30. The summed E-state index contributed by atoms with van der Waals surface area (Å²) in [5, 5.41) is 3.15. The molecule has 1 atom stereocenters. The van der Waals surface area contributed by atoms with E-state index in [9.17, 15) is 12.8 Å². The number of sulfonamides is 1. The molecule has 0 spiro atoms. The number of aryl methyl sites for hydroxylation is 1. The lowest BCUT2D eigenvalue weighted by Crippen LogP contribution is -2.33. The predicted molar refractivity (Wildman–Crippen MR) is 109 cm³/mol. The van der Waals surface area contributed by atoms with Gasteiger partial charge in [-0.3, -0.25) is 0 Å². The molecule has 2 aliphatic heterocycles. The first-order valence-corrected chi connectivity index (χ1v) is 11.3. The van der Waals surface area contributed by atoms with Crippen molar-refractivity contribution in [1.82, 2.24) is 19.2 Å². The lowest BCUT2D eigenvalue weighted by molar-refractivity contribution is 0.304. The molecule has 9 heteroatoms. The van der Waals surface area contributed by atoms with E-state index in [-0.39, 0.29) is 4.90 Å². The second-order valence-corrected chi connectivity index (χ2v) is 9.67. The van der Waals surface area contributed by atoms with Gasteiger partial charge in [0.25, 0.3) is 0 Å². The van der Waals surface area contributed by atoms with Crippen LogP contribution in [0.25, 0.3) is 0 Å². The molecule has 2 aliphatic rings. The van der Waals surface area contributed by atoms with Crippen LogP contribution in [0.4, 0.5) is 10.2 Å². The molecule has 0 amide bonds. The number of nitrogens with zero attached hydrogens (tertiary/aromatic N) is 4. The van der Waals surface area contributed by atoms with Gasteiger partial charge in [-0.2, -0.15) is 4.31 Å². The second kappa shape index (κ2) is 7.62. The maximum atomic E-state index is 14.0. The summed E-state index contributed by atoms with van der Waals surface area (Å²) in [5.41, 5.74) is 2.46. The summed E-state index contributed by atoms with van der Waals surface area (Å²) in [5.74, 6) is 0.758. The second-order valence-electron chi connectivity index (χ2n) is 7.78. The Bertz CT molecular complexity index is 1040. The van der Waals surface area contributed by atoms with E-state index in [0.717, 1.165) is 36.1 Å². The molecule has 29 heavy (non-hydrogen) atoms. The van der Waals surface area contributed by atoms with Crippen molar-refractivity contribution in [2.45, 2.75) is 43.7 Å². The van der Waals surface area contributed by atoms with E-state index in [1.165, 1.54) is 16.4 Å². The Morgan fingerprint density at radius 1 is 1.24 bits per heavy atom. The van der Waals surface area contributed by atoms with Gasteiger partial charge >= 0.3 is 0 Å². The average molecular weight is 420 g/mol. The van der Waals surface area contributed by atoms with Gasteiger partial charge in [-0.15, -0.1) is 0 Å². The summed E-state index contributed by atoms with van der Waals surface area (Å²) in [6.07, 6.45) is 2.22. The van der Waals surface area contributed by atoms with Gasteiger partial charge in [0, 0.05) is 32.2 Å². The van der Waals surface area contributed by atoms with E-state index < -0.39 is 21.9 Å². The van der Waals surface area contributed by atoms with Crippen LogP contribution < -0.4 is 5.32 Å². The number of aromatic nitrogens is 2. The molecule has 7 nitrogen and oxygen atoms in total. The van der Waals surface area contributed by atoms with Gasteiger partial charge in [-0.25, -0.2) is 22.8 Å². The van der Waals surface area contributed by atoms with Gasteiger partial charge in [0.1, 0.15) is 17.5 Å². The number of hydrogen-bond donors (Lipinski definition) is 1. The number of fused-ring (bicyclic) bond motifs is 1. The minimum atomic E-state index is -3.84. The topological polar surface area (TPSA) is 78.4 Å². The smallest absolute Gasteiger partial charge is 0.243 e. The quantitative estimate of drug-likeness (QED) is 0.820. The maximum absolute atomic E-state index is 14.0. The van der Waals surface area contributed by atoms with Gasteiger partial charge in [-0.05, 0) is 50.9 Å². The summed E-state index contributed by atoms with van der Waals surface area (Å²) in [6.45, 7) is 3.63. The van der Waals surface area contributed by atoms with Crippen molar-refractivity contribution >= 4 is 15.8 Å². The monoisotopic (exact) mass is 419 g/mol. The van der Waals surface area contributed by atoms with E-state index in [1.807, 2.05) is 14.1 Å². The molecule has 2 aromatic rings. The minimum absolute atomic E-state index is 0.0287. The van der Waals surface area contributed by atoms with E-state index >= 15 is 0 Å². The van der Waals surface area contributed by atoms with Crippen LogP contribution in [0.1, 0.15) is 41.5 Å². The van der Waals surface area contributed by atoms with Crippen LogP contribution in [0.15, 0.2) is 23.1 Å². The highest BCUT2D eigenvalue weighted by atomic mass is 32.2. The number of rotatable bonds is 4. The molecular formula is C20H26FN5O2S. The predicted octanol–water partition coefficient (Wildman–Crippen LogP) is 2.48. The fourth-order valence-corrected chi connectivity index (χ4v) is 5.76. The zero-order valence-electron chi connectivity index (χ0n) is 16.9. The number of nitrogens with one attached hydrogen (secondary N) is 1. The fourth-order valence-electron chi connectivity index (χ4n) is 4.09. The van der Waals surface area contributed by atoms with Crippen molar-refractivity contribution < 1.29 is 12.8 Å². The van der Waals surface area contributed by atoms with Crippen LogP contribution >= 0.6 is 0 Å². The largest absolute Gasteiger partial charge is 0.373 e. The first kappa shape index (κ1) is 20.2. The highest BCUT2D eigenvalue weighted by Gasteiger charge is 2.39. The van der Waals surface area contributed by atoms with Crippen LogP contribution in [-0.2, 0) is 23.0 Å². The van der Waals surface area contributed by atoms with E-state index in [1.54, 1.807) is 6.92 Å². The molecule has 1 fully saturated rings. The number of benzene rings is 1. The van der Waals surface area contributed by atoms with Crippen molar-refractivity contribution in [2.75, 3.05) is 32.5 Å². The summed E-state index contributed by atoms with van der Waals surface area (Å²) in [4.78, 5) is 11.6. The summed E-state index contributed by atoms with van der Waals surface area (Å²) >= 11 is 0. The molecule has 0 aliphatic carbocycles. The zero-order chi connectivity index (χ0) is 20.8. The molecule has 1 aromatic carbocycles. The molecule has 3 heterocycles. The van der Waals surface area contributed by atoms with Crippen LogP contribution in [0, 0.1) is 12.7 Å². The Morgan fingerprint density at radius 2 is 2.03 bits per heavy atom. The SMILES string of the molecule is CNc1nc(C2CCCN2S(=O)(=O)c2ccc(C)c(F)c2)nc2c1CCN(C)C2. The molecule has 0 radical (unpaired) electrons. The lowest BCUT2D eigenvalue weighted by Gasteiger charge is -2.28. The number of hydrogen-bond acceptors (Lipinski definition) is 6. The minimum Gasteiger partial charge on any atom is -0.373 e.